The highest BCUT2D eigenvalue weighted by atomic mass is 32.2. The van der Waals surface area contributed by atoms with Crippen LogP contribution < -0.4 is 0 Å². The van der Waals surface area contributed by atoms with Gasteiger partial charge in [0.1, 0.15) is 0 Å². The van der Waals surface area contributed by atoms with Crippen LogP contribution in [0.3, 0.4) is 0 Å². The first-order valence-corrected chi connectivity index (χ1v) is 8.66. The lowest BCUT2D eigenvalue weighted by molar-refractivity contribution is 0.670. The van der Waals surface area contributed by atoms with Crippen LogP contribution in [0.5, 0.6) is 0 Å². The largest absolute Gasteiger partial charge is 0.262 e. The van der Waals surface area contributed by atoms with Gasteiger partial charge in [-0.25, -0.2) is 8.89 Å². The van der Waals surface area contributed by atoms with Crippen molar-refractivity contribution in [1.82, 2.24) is 14.8 Å². The summed E-state index contributed by atoms with van der Waals surface area (Å²) in [7, 11) is -2.77. The SMILES string of the molecule is CC(C)S(=O)(=NC#N)c1ccc2nn(-c3cccnc3)cc2c1. The number of aromatic nitrogens is 3. The van der Waals surface area contributed by atoms with E-state index in [2.05, 4.69) is 14.4 Å². The number of hydrogen-bond donors (Lipinski definition) is 0. The van der Waals surface area contributed by atoms with Crippen LogP contribution in [0.4, 0.5) is 0 Å². The van der Waals surface area contributed by atoms with E-state index in [0.29, 0.717) is 4.90 Å². The molecule has 23 heavy (non-hydrogen) atoms. The van der Waals surface area contributed by atoms with Crippen LogP contribution in [-0.2, 0) is 9.73 Å². The summed E-state index contributed by atoms with van der Waals surface area (Å²) in [4.78, 5) is 4.63. The predicted octanol–water partition coefficient (Wildman–Crippen LogP) is 3.14. The molecule has 6 nitrogen and oxygen atoms in total. The zero-order valence-corrected chi connectivity index (χ0v) is 13.6. The molecular weight excluding hydrogens is 310 g/mol. The second-order valence-corrected chi connectivity index (χ2v) is 8.05. The molecule has 116 valence electrons. The Labute approximate surface area is 134 Å². The molecule has 7 heteroatoms. The van der Waals surface area contributed by atoms with Gasteiger partial charge in [-0.2, -0.15) is 10.4 Å². The second-order valence-electron chi connectivity index (χ2n) is 5.31. The summed E-state index contributed by atoms with van der Waals surface area (Å²) in [5.74, 6) is 0. The molecule has 0 aliphatic carbocycles. The van der Waals surface area contributed by atoms with Crippen molar-refractivity contribution in [3.8, 4) is 11.9 Å². The normalized spacial score (nSPS) is 13.7. The fourth-order valence-corrected chi connectivity index (χ4v) is 3.84. The first kappa shape index (κ1) is 15.2. The van der Waals surface area contributed by atoms with Gasteiger partial charge in [-0.05, 0) is 44.2 Å². The predicted molar refractivity (Wildman–Crippen MR) is 88.5 cm³/mol. The topological polar surface area (TPSA) is 83.9 Å². The average molecular weight is 325 g/mol. The summed E-state index contributed by atoms with van der Waals surface area (Å²) in [6.07, 6.45) is 6.96. The molecule has 0 aliphatic rings. The fraction of sp³-hybridized carbons (Fsp3) is 0.188. The standard InChI is InChI=1S/C16H15N5OS/c1-12(2)23(22,19-11-17)15-5-6-16-13(8-15)10-21(20-16)14-4-3-7-18-9-14/h3-10,12H,1-2H3. The summed E-state index contributed by atoms with van der Waals surface area (Å²) in [5, 5.41) is 13.9. The molecule has 0 radical (unpaired) electrons. The maximum Gasteiger partial charge on any atom is 0.214 e. The quantitative estimate of drug-likeness (QED) is 0.692. The van der Waals surface area contributed by atoms with E-state index in [9.17, 15) is 4.21 Å². The smallest absolute Gasteiger partial charge is 0.214 e. The third kappa shape index (κ3) is 2.69. The van der Waals surface area contributed by atoms with Gasteiger partial charge < -0.3 is 0 Å². The Balaban J connectivity index is 2.16. The molecule has 0 saturated carbocycles. The molecule has 2 aromatic heterocycles. The van der Waals surface area contributed by atoms with Gasteiger partial charge in [0, 0.05) is 27.9 Å². The van der Waals surface area contributed by atoms with Crippen LogP contribution >= 0.6 is 0 Å². The van der Waals surface area contributed by atoms with E-state index >= 15 is 0 Å². The zero-order chi connectivity index (χ0) is 16.4. The highest BCUT2D eigenvalue weighted by Gasteiger charge is 2.18. The summed E-state index contributed by atoms with van der Waals surface area (Å²) in [6.45, 7) is 3.60. The van der Waals surface area contributed by atoms with Crippen molar-refractivity contribution in [2.24, 2.45) is 4.36 Å². The number of benzene rings is 1. The van der Waals surface area contributed by atoms with E-state index < -0.39 is 9.73 Å². The van der Waals surface area contributed by atoms with E-state index in [1.165, 1.54) is 0 Å². The number of hydrogen-bond acceptors (Lipinski definition) is 5. The van der Waals surface area contributed by atoms with Crippen molar-refractivity contribution in [2.75, 3.05) is 0 Å². The maximum absolute atomic E-state index is 13.0. The van der Waals surface area contributed by atoms with Gasteiger partial charge in [0.05, 0.1) is 27.1 Å². The minimum absolute atomic E-state index is 0.257. The minimum Gasteiger partial charge on any atom is -0.262 e. The zero-order valence-electron chi connectivity index (χ0n) is 12.7. The molecule has 3 aromatic rings. The van der Waals surface area contributed by atoms with Crippen molar-refractivity contribution in [3.63, 3.8) is 0 Å². The number of nitrogens with zero attached hydrogens (tertiary/aromatic N) is 5. The van der Waals surface area contributed by atoms with Gasteiger partial charge in [0.25, 0.3) is 0 Å². The van der Waals surface area contributed by atoms with Crippen molar-refractivity contribution in [3.05, 3.63) is 48.9 Å². The van der Waals surface area contributed by atoms with E-state index in [1.54, 1.807) is 55.3 Å². The lowest BCUT2D eigenvalue weighted by atomic mass is 10.3. The molecule has 0 fully saturated rings. The van der Waals surface area contributed by atoms with Crippen molar-refractivity contribution >= 4 is 20.6 Å². The molecule has 2 heterocycles. The molecular formula is C16H15N5OS. The fourth-order valence-electron chi connectivity index (χ4n) is 2.30. The van der Waals surface area contributed by atoms with E-state index in [4.69, 9.17) is 5.26 Å². The Kier molecular flexibility index (Phi) is 3.84. The molecule has 0 bridgehead atoms. The Morgan fingerprint density at radius 1 is 1.35 bits per heavy atom. The molecule has 0 aliphatic heterocycles. The number of fused-ring (bicyclic) bond motifs is 1. The maximum atomic E-state index is 13.0. The van der Waals surface area contributed by atoms with E-state index in [-0.39, 0.29) is 5.25 Å². The van der Waals surface area contributed by atoms with Gasteiger partial charge >= 0.3 is 0 Å². The van der Waals surface area contributed by atoms with Crippen LogP contribution in [0.25, 0.3) is 16.6 Å². The molecule has 0 N–H and O–H groups in total. The molecule has 0 spiro atoms. The molecule has 1 atom stereocenters. The summed E-state index contributed by atoms with van der Waals surface area (Å²) in [6, 6.07) is 9.06. The first-order chi connectivity index (χ1) is 11.0. The van der Waals surface area contributed by atoms with Crippen LogP contribution in [0.2, 0.25) is 0 Å². The van der Waals surface area contributed by atoms with Gasteiger partial charge in [-0.1, -0.05) is 0 Å². The number of pyridine rings is 1. The number of rotatable bonds is 3. The van der Waals surface area contributed by atoms with Crippen molar-refractivity contribution in [2.45, 2.75) is 24.0 Å². The van der Waals surface area contributed by atoms with Crippen LogP contribution in [0.1, 0.15) is 13.8 Å². The van der Waals surface area contributed by atoms with Crippen LogP contribution in [-0.4, -0.2) is 24.2 Å². The Bertz CT molecular complexity index is 1010. The summed E-state index contributed by atoms with van der Waals surface area (Å²) < 4.78 is 18.4. The lowest BCUT2D eigenvalue weighted by Crippen LogP contribution is -2.13. The van der Waals surface area contributed by atoms with Crippen LogP contribution in [0.15, 0.2) is 58.2 Å². The average Bonchev–Trinajstić information content (AvgIpc) is 2.98. The third-order valence-electron chi connectivity index (χ3n) is 3.54. The Morgan fingerprint density at radius 2 is 2.17 bits per heavy atom. The Morgan fingerprint density at radius 3 is 2.83 bits per heavy atom. The Hall–Kier alpha value is -2.72. The molecule has 1 unspecified atom stereocenters. The molecule has 0 saturated heterocycles. The highest BCUT2D eigenvalue weighted by molar-refractivity contribution is 7.94. The van der Waals surface area contributed by atoms with Gasteiger partial charge in [0.15, 0.2) is 0 Å². The monoisotopic (exact) mass is 325 g/mol. The van der Waals surface area contributed by atoms with Crippen molar-refractivity contribution in [1.29, 1.82) is 5.26 Å². The van der Waals surface area contributed by atoms with Gasteiger partial charge in [-0.3, -0.25) is 4.98 Å². The second kappa shape index (κ2) is 5.82. The van der Waals surface area contributed by atoms with Crippen LogP contribution in [0, 0.1) is 11.5 Å². The molecule has 3 rings (SSSR count). The highest BCUT2D eigenvalue weighted by Crippen LogP contribution is 2.24. The van der Waals surface area contributed by atoms with E-state index in [0.717, 1.165) is 16.6 Å². The van der Waals surface area contributed by atoms with Gasteiger partial charge in [0.2, 0.25) is 6.19 Å². The van der Waals surface area contributed by atoms with E-state index in [1.807, 2.05) is 18.3 Å². The van der Waals surface area contributed by atoms with Gasteiger partial charge in [-0.15, -0.1) is 4.36 Å². The molecule has 1 aromatic carbocycles. The minimum atomic E-state index is -2.77. The summed E-state index contributed by atoms with van der Waals surface area (Å²) >= 11 is 0. The molecule has 0 amide bonds. The van der Waals surface area contributed by atoms with Crippen molar-refractivity contribution < 1.29 is 4.21 Å². The third-order valence-corrected chi connectivity index (χ3v) is 6.10. The summed E-state index contributed by atoms with van der Waals surface area (Å²) in [5.41, 5.74) is 1.62. The number of nitriles is 1. The lowest BCUT2D eigenvalue weighted by Gasteiger charge is -2.11. The first-order valence-electron chi connectivity index (χ1n) is 7.08.